The molecular formula is C27H28FN5O3. The summed E-state index contributed by atoms with van der Waals surface area (Å²) in [6.45, 7) is 2.35. The second kappa shape index (κ2) is 10.3. The van der Waals surface area contributed by atoms with Crippen LogP contribution in [0.5, 0.6) is 0 Å². The van der Waals surface area contributed by atoms with Crippen LogP contribution in [0.3, 0.4) is 0 Å². The van der Waals surface area contributed by atoms with E-state index in [9.17, 15) is 18.8 Å². The van der Waals surface area contributed by atoms with Gasteiger partial charge < -0.3 is 15.1 Å². The summed E-state index contributed by atoms with van der Waals surface area (Å²) >= 11 is 0. The third kappa shape index (κ3) is 5.00. The first-order valence-electron chi connectivity index (χ1n) is 12.2. The molecule has 1 aromatic heterocycles. The van der Waals surface area contributed by atoms with Gasteiger partial charge in [0.25, 0.3) is 11.8 Å². The van der Waals surface area contributed by atoms with Gasteiger partial charge in [0.2, 0.25) is 5.91 Å². The van der Waals surface area contributed by atoms with Gasteiger partial charge in [0.1, 0.15) is 17.6 Å². The molecule has 1 N–H and O–H groups in total. The van der Waals surface area contributed by atoms with E-state index >= 15 is 0 Å². The number of nitrogens with one attached hydrogen (secondary N) is 1. The fraction of sp³-hybridized carbons (Fsp3) is 0.333. The summed E-state index contributed by atoms with van der Waals surface area (Å²) in [6, 6.07) is 16.7. The lowest BCUT2D eigenvalue weighted by molar-refractivity contribution is -0.125. The minimum Gasteiger partial charge on any atom is -0.350 e. The number of nitrogens with zero attached hydrogens (tertiary/aromatic N) is 4. The van der Waals surface area contributed by atoms with Gasteiger partial charge in [-0.3, -0.25) is 19.1 Å². The van der Waals surface area contributed by atoms with Gasteiger partial charge in [0, 0.05) is 38.8 Å². The monoisotopic (exact) mass is 489 g/mol. The highest BCUT2D eigenvalue weighted by Crippen LogP contribution is 2.22. The molecule has 1 fully saturated rings. The van der Waals surface area contributed by atoms with Crippen LogP contribution in [0.1, 0.15) is 51.4 Å². The molecule has 9 heteroatoms. The maximum Gasteiger partial charge on any atom is 0.275 e. The third-order valence-electron chi connectivity index (χ3n) is 6.72. The maximum absolute atomic E-state index is 13.4. The number of benzene rings is 2. The first-order valence-corrected chi connectivity index (χ1v) is 12.2. The van der Waals surface area contributed by atoms with Gasteiger partial charge in [0.05, 0.1) is 0 Å². The van der Waals surface area contributed by atoms with Crippen LogP contribution in [-0.2, 0) is 24.4 Å². The summed E-state index contributed by atoms with van der Waals surface area (Å²) in [5.74, 6) is -1.09. The zero-order valence-electron chi connectivity index (χ0n) is 19.9. The number of likely N-dealkylation sites (tertiary alicyclic amines) is 1. The van der Waals surface area contributed by atoms with Crippen molar-refractivity contribution in [3.63, 3.8) is 0 Å². The average Bonchev–Trinajstić information content (AvgIpc) is 3.53. The Morgan fingerprint density at radius 2 is 1.75 bits per heavy atom. The van der Waals surface area contributed by atoms with Gasteiger partial charge in [-0.05, 0) is 42.5 Å². The Morgan fingerprint density at radius 1 is 0.972 bits per heavy atom. The summed E-state index contributed by atoms with van der Waals surface area (Å²) < 4.78 is 14.7. The molecule has 186 valence electrons. The summed E-state index contributed by atoms with van der Waals surface area (Å²) in [7, 11) is 0. The molecular weight excluding hydrogens is 461 g/mol. The highest BCUT2D eigenvalue weighted by molar-refractivity contribution is 6.00. The van der Waals surface area contributed by atoms with Gasteiger partial charge in [-0.15, -0.1) is 0 Å². The minimum absolute atomic E-state index is 0.155. The molecule has 5 rings (SSSR count). The quantitative estimate of drug-likeness (QED) is 0.577. The van der Waals surface area contributed by atoms with E-state index in [-0.39, 0.29) is 35.8 Å². The lowest BCUT2D eigenvalue weighted by atomic mass is 10.1. The van der Waals surface area contributed by atoms with Crippen molar-refractivity contribution < 1.29 is 18.8 Å². The largest absolute Gasteiger partial charge is 0.350 e. The van der Waals surface area contributed by atoms with E-state index in [1.165, 1.54) is 17.0 Å². The number of halogens is 1. The van der Waals surface area contributed by atoms with Crippen LogP contribution in [-0.4, -0.2) is 56.4 Å². The van der Waals surface area contributed by atoms with Crippen LogP contribution in [0.15, 0.2) is 60.7 Å². The zero-order chi connectivity index (χ0) is 25.1. The standard InChI is InChI=1S/C27H28FN5O3/c28-21-11-9-19(10-12-21)17-29-25(34)23-8-4-14-32(23)26(35)22-16-24-27(36)31(13-5-15-33(24)30-22)18-20-6-2-1-3-7-20/h1-3,6-7,9-12,16,23H,4-5,8,13-15,17-18H2,(H,29,34)/t23-/m0/s1. The summed E-state index contributed by atoms with van der Waals surface area (Å²) in [5, 5.41) is 7.30. The molecule has 1 saturated heterocycles. The highest BCUT2D eigenvalue weighted by Gasteiger charge is 2.36. The topological polar surface area (TPSA) is 87.5 Å². The second-order valence-corrected chi connectivity index (χ2v) is 9.20. The number of amides is 3. The van der Waals surface area contributed by atoms with Crippen LogP contribution in [0, 0.1) is 5.82 Å². The smallest absolute Gasteiger partial charge is 0.275 e. The first kappa shape index (κ1) is 23.7. The van der Waals surface area contributed by atoms with Crippen molar-refractivity contribution in [2.75, 3.05) is 13.1 Å². The molecule has 0 saturated carbocycles. The average molecular weight is 490 g/mol. The Kier molecular flexibility index (Phi) is 6.79. The molecule has 0 bridgehead atoms. The Labute approximate surface area is 208 Å². The molecule has 8 nitrogen and oxygen atoms in total. The molecule has 0 unspecified atom stereocenters. The Morgan fingerprint density at radius 3 is 2.53 bits per heavy atom. The Balaban J connectivity index is 1.27. The number of hydrogen-bond acceptors (Lipinski definition) is 4. The van der Waals surface area contributed by atoms with E-state index < -0.39 is 6.04 Å². The normalized spacial score (nSPS) is 17.6. The zero-order valence-corrected chi connectivity index (χ0v) is 19.9. The molecule has 0 spiro atoms. The number of carbonyl (C=O) groups excluding carboxylic acids is 3. The van der Waals surface area contributed by atoms with Crippen molar-refractivity contribution in [3.8, 4) is 0 Å². The highest BCUT2D eigenvalue weighted by atomic mass is 19.1. The summed E-state index contributed by atoms with van der Waals surface area (Å²) in [4.78, 5) is 42.8. The molecule has 1 atom stereocenters. The second-order valence-electron chi connectivity index (χ2n) is 9.20. The molecule has 0 radical (unpaired) electrons. The number of fused-ring (bicyclic) bond motifs is 1. The van der Waals surface area contributed by atoms with Crippen molar-refractivity contribution in [2.45, 2.75) is 44.9 Å². The lowest BCUT2D eigenvalue weighted by Gasteiger charge is -2.23. The molecule has 2 aliphatic rings. The van der Waals surface area contributed by atoms with Crippen LogP contribution in [0.25, 0.3) is 0 Å². The van der Waals surface area contributed by atoms with Gasteiger partial charge >= 0.3 is 0 Å². The van der Waals surface area contributed by atoms with Crippen LogP contribution >= 0.6 is 0 Å². The van der Waals surface area contributed by atoms with Crippen LogP contribution in [0.4, 0.5) is 4.39 Å². The van der Waals surface area contributed by atoms with Crippen molar-refractivity contribution in [1.29, 1.82) is 0 Å². The van der Waals surface area contributed by atoms with Crippen LogP contribution < -0.4 is 5.32 Å². The Hall–Kier alpha value is -4.01. The van der Waals surface area contributed by atoms with E-state index in [1.807, 2.05) is 30.3 Å². The number of rotatable bonds is 6. The number of aromatic nitrogens is 2. The predicted octanol–water partition coefficient (Wildman–Crippen LogP) is 2.99. The predicted molar refractivity (Wildman–Crippen MR) is 130 cm³/mol. The lowest BCUT2D eigenvalue weighted by Crippen LogP contribution is -2.45. The SMILES string of the molecule is O=C(NCc1ccc(F)cc1)[C@@H]1CCCN1C(=O)c1cc2n(n1)CCCN(Cc1ccccc1)C2=O. The van der Waals surface area contributed by atoms with E-state index in [1.54, 1.807) is 27.8 Å². The summed E-state index contributed by atoms with van der Waals surface area (Å²) in [6.07, 6.45) is 2.00. The van der Waals surface area contributed by atoms with Crippen molar-refractivity contribution in [3.05, 3.63) is 89.0 Å². The van der Waals surface area contributed by atoms with Gasteiger partial charge in [-0.1, -0.05) is 42.5 Å². The number of hydrogen-bond donors (Lipinski definition) is 1. The fourth-order valence-electron chi connectivity index (χ4n) is 4.83. The van der Waals surface area contributed by atoms with Gasteiger partial charge in [-0.2, -0.15) is 5.10 Å². The van der Waals surface area contributed by atoms with E-state index in [0.717, 1.165) is 17.5 Å². The van der Waals surface area contributed by atoms with E-state index in [4.69, 9.17) is 0 Å². The Bertz CT molecular complexity index is 1260. The van der Waals surface area contributed by atoms with Gasteiger partial charge in [0.15, 0.2) is 5.69 Å². The number of carbonyl (C=O) groups is 3. The molecule has 2 aliphatic heterocycles. The molecule has 36 heavy (non-hydrogen) atoms. The van der Waals surface area contributed by atoms with Crippen LogP contribution in [0.2, 0.25) is 0 Å². The first-order chi connectivity index (χ1) is 17.5. The third-order valence-corrected chi connectivity index (χ3v) is 6.72. The fourth-order valence-corrected chi connectivity index (χ4v) is 4.83. The van der Waals surface area contributed by atoms with E-state index in [2.05, 4.69) is 10.4 Å². The van der Waals surface area contributed by atoms with Crippen molar-refractivity contribution in [1.82, 2.24) is 24.9 Å². The minimum atomic E-state index is -0.607. The molecule has 0 aliphatic carbocycles. The van der Waals surface area contributed by atoms with E-state index in [0.29, 0.717) is 44.7 Å². The molecule has 3 aromatic rings. The van der Waals surface area contributed by atoms with Gasteiger partial charge in [-0.25, -0.2) is 4.39 Å². The maximum atomic E-state index is 13.4. The van der Waals surface area contributed by atoms with Crippen molar-refractivity contribution in [2.24, 2.45) is 0 Å². The van der Waals surface area contributed by atoms with Crippen molar-refractivity contribution >= 4 is 17.7 Å². The number of aryl methyl sites for hydroxylation is 1. The molecule has 3 amide bonds. The molecule has 2 aromatic carbocycles. The molecule has 3 heterocycles. The summed E-state index contributed by atoms with van der Waals surface area (Å²) in [5.41, 5.74) is 2.39.